The number of anilines is 1. The molecular weight excluding hydrogens is 332 g/mol. The molecule has 0 unspecified atom stereocenters. The fraction of sp³-hybridized carbons (Fsp3) is 0.211. The second-order valence-electron chi connectivity index (χ2n) is 5.99. The van der Waals surface area contributed by atoms with Gasteiger partial charge in [0, 0.05) is 5.56 Å². The van der Waals surface area contributed by atoms with Crippen LogP contribution < -0.4 is 11.1 Å². The van der Waals surface area contributed by atoms with Crippen LogP contribution in [-0.4, -0.2) is 16.1 Å². The minimum atomic E-state index is -0.241. The molecule has 1 heterocycles. The highest BCUT2D eigenvalue weighted by molar-refractivity contribution is 7.15. The molecule has 3 N–H and O–H groups in total. The van der Waals surface area contributed by atoms with Crippen molar-refractivity contribution in [3.05, 3.63) is 75.8 Å². The predicted molar refractivity (Wildman–Crippen MR) is 101 cm³/mol. The standard InChI is InChI=1S/C19H20N4OS/c1-12-7-9-14(10-8-12)11-15-5-3-4-6-16(15)17(24)21-13(2)18-22-23-19(20)25-18/h3-10,13H,11H2,1-2H3,(H2,20,23)(H,21,24)/t13-/m0/s1. The number of benzene rings is 2. The Labute approximate surface area is 150 Å². The molecule has 1 atom stereocenters. The average Bonchev–Trinajstić information content (AvgIpc) is 3.04. The van der Waals surface area contributed by atoms with Gasteiger partial charge in [0.15, 0.2) is 0 Å². The smallest absolute Gasteiger partial charge is 0.252 e. The van der Waals surface area contributed by atoms with Crippen LogP contribution in [-0.2, 0) is 6.42 Å². The van der Waals surface area contributed by atoms with Gasteiger partial charge < -0.3 is 11.1 Å². The maximum absolute atomic E-state index is 12.7. The van der Waals surface area contributed by atoms with Crippen molar-refractivity contribution in [1.29, 1.82) is 0 Å². The molecule has 2 aromatic carbocycles. The first kappa shape index (κ1) is 17.1. The molecule has 0 aliphatic carbocycles. The van der Waals surface area contributed by atoms with E-state index in [2.05, 4.69) is 46.7 Å². The van der Waals surface area contributed by atoms with Gasteiger partial charge in [-0.3, -0.25) is 4.79 Å². The van der Waals surface area contributed by atoms with Crippen LogP contribution in [0.25, 0.3) is 0 Å². The number of aryl methyl sites for hydroxylation is 1. The molecule has 6 heteroatoms. The quantitative estimate of drug-likeness (QED) is 0.736. The van der Waals surface area contributed by atoms with Crippen molar-refractivity contribution in [3.63, 3.8) is 0 Å². The van der Waals surface area contributed by atoms with E-state index in [1.54, 1.807) is 0 Å². The van der Waals surface area contributed by atoms with Crippen LogP contribution in [0.3, 0.4) is 0 Å². The normalized spacial score (nSPS) is 11.9. The van der Waals surface area contributed by atoms with E-state index in [-0.39, 0.29) is 11.9 Å². The van der Waals surface area contributed by atoms with Crippen molar-refractivity contribution in [1.82, 2.24) is 15.5 Å². The molecule has 0 aliphatic rings. The van der Waals surface area contributed by atoms with Crippen molar-refractivity contribution < 1.29 is 4.79 Å². The summed E-state index contributed by atoms with van der Waals surface area (Å²) in [6.45, 7) is 3.94. The third-order valence-corrected chi connectivity index (χ3v) is 4.89. The first-order valence-corrected chi connectivity index (χ1v) is 8.88. The van der Waals surface area contributed by atoms with Crippen LogP contribution >= 0.6 is 11.3 Å². The number of aromatic nitrogens is 2. The summed E-state index contributed by atoms with van der Waals surface area (Å²) in [5, 5.41) is 11.9. The van der Waals surface area contributed by atoms with Gasteiger partial charge in [-0.25, -0.2) is 0 Å². The third-order valence-electron chi connectivity index (χ3n) is 3.95. The van der Waals surface area contributed by atoms with Gasteiger partial charge in [0.05, 0.1) is 6.04 Å². The maximum Gasteiger partial charge on any atom is 0.252 e. The van der Waals surface area contributed by atoms with Gasteiger partial charge in [0.25, 0.3) is 5.91 Å². The summed E-state index contributed by atoms with van der Waals surface area (Å²) in [6.07, 6.45) is 0.712. The molecule has 0 fully saturated rings. The Bertz CT molecular complexity index is 873. The van der Waals surface area contributed by atoms with Gasteiger partial charge in [0.1, 0.15) is 5.01 Å². The van der Waals surface area contributed by atoms with Crippen LogP contribution in [0.4, 0.5) is 5.13 Å². The number of nitrogen functional groups attached to an aromatic ring is 1. The van der Waals surface area contributed by atoms with E-state index in [9.17, 15) is 4.79 Å². The lowest BCUT2D eigenvalue weighted by molar-refractivity contribution is 0.0939. The number of nitrogens with one attached hydrogen (secondary N) is 1. The van der Waals surface area contributed by atoms with Crippen molar-refractivity contribution in [2.75, 3.05) is 5.73 Å². The molecule has 128 valence electrons. The number of rotatable bonds is 5. The second-order valence-corrected chi connectivity index (χ2v) is 7.03. The third kappa shape index (κ3) is 4.22. The summed E-state index contributed by atoms with van der Waals surface area (Å²) < 4.78 is 0. The van der Waals surface area contributed by atoms with Gasteiger partial charge in [-0.2, -0.15) is 0 Å². The Balaban J connectivity index is 1.77. The van der Waals surface area contributed by atoms with E-state index in [1.807, 2.05) is 31.2 Å². The molecule has 1 amide bonds. The van der Waals surface area contributed by atoms with Gasteiger partial charge in [-0.1, -0.05) is 59.4 Å². The average molecular weight is 352 g/mol. The summed E-state index contributed by atoms with van der Waals surface area (Å²) >= 11 is 1.28. The van der Waals surface area contributed by atoms with Crippen molar-refractivity contribution in [2.24, 2.45) is 0 Å². The summed E-state index contributed by atoms with van der Waals surface area (Å²) in [7, 11) is 0. The molecule has 0 spiro atoms. The van der Waals surface area contributed by atoms with E-state index in [1.165, 1.54) is 22.5 Å². The molecule has 0 aliphatic heterocycles. The predicted octanol–water partition coefficient (Wildman–Crippen LogP) is 3.51. The Morgan fingerprint density at radius 3 is 2.56 bits per heavy atom. The van der Waals surface area contributed by atoms with Crippen molar-refractivity contribution in [2.45, 2.75) is 26.3 Å². The monoisotopic (exact) mass is 352 g/mol. The van der Waals surface area contributed by atoms with Crippen LogP contribution in [0.15, 0.2) is 48.5 Å². The lowest BCUT2D eigenvalue weighted by Crippen LogP contribution is -2.27. The van der Waals surface area contributed by atoms with Gasteiger partial charge >= 0.3 is 0 Å². The Morgan fingerprint density at radius 2 is 1.88 bits per heavy atom. The van der Waals surface area contributed by atoms with Gasteiger partial charge in [-0.05, 0) is 37.5 Å². The fourth-order valence-electron chi connectivity index (χ4n) is 2.58. The number of carbonyl (C=O) groups is 1. The SMILES string of the molecule is Cc1ccc(Cc2ccccc2C(=O)N[C@@H](C)c2nnc(N)s2)cc1. The molecule has 0 radical (unpaired) electrons. The summed E-state index contributed by atoms with van der Waals surface area (Å²) in [5.74, 6) is -0.121. The molecule has 5 nitrogen and oxygen atoms in total. The number of nitrogens with zero attached hydrogens (tertiary/aromatic N) is 2. The Hall–Kier alpha value is -2.73. The zero-order valence-electron chi connectivity index (χ0n) is 14.2. The lowest BCUT2D eigenvalue weighted by Gasteiger charge is -2.14. The van der Waals surface area contributed by atoms with E-state index < -0.39 is 0 Å². The molecule has 1 aromatic heterocycles. The van der Waals surface area contributed by atoms with Crippen LogP contribution in [0.1, 0.15) is 45.0 Å². The Kier molecular flexibility index (Phi) is 5.09. The highest BCUT2D eigenvalue weighted by Gasteiger charge is 2.17. The highest BCUT2D eigenvalue weighted by Crippen LogP contribution is 2.20. The van der Waals surface area contributed by atoms with E-state index in [0.717, 1.165) is 5.56 Å². The Morgan fingerprint density at radius 1 is 1.16 bits per heavy atom. The number of nitrogens with two attached hydrogens (primary N) is 1. The molecular formula is C19H20N4OS. The summed E-state index contributed by atoms with van der Waals surface area (Å²) in [6, 6.07) is 15.8. The van der Waals surface area contributed by atoms with Crippen molar-refractivity contribution >= 4 is 22.4 Å². The zero-order chi connectivity index (χ0) is 17.8. The number of hydrogen-bond donors (Lipinski definition) is 2. The molecule has 0 saturated carbocycles. The minimum absolute atomic E-state index is 0.121. The fourth-order valence-corrected chi connectivity index (χ4v) is 3.19. The second kappa shape index (κ2) is 7.44. The minimum Gasteiger partial charge on any atom is -0.374 e. The van der Waals surface area contributed by atoms with Crippen LogP contribution in [0.5, 0.6) is 0 Å². The number of carbonyl (C=O) groups excluding carboxylic acids is 1. The van der Waals surface area contributed by atoms with Crippen molar-refractivity contribution in [3.8, 4) is 0 Å². The van der Waals surface area contributed by atoms with Gasteiger partial charge in [0.2, 0.25) is 5.13 Å². The maximum atomic E-state index is 12.7. The van der Waals surface area contributed by atoms with E-state index in [0.29, 0.717) is 22.1 Å². The molecule has 0 saturated heterocycles. The first-order chi connectivity index (χ1) is 12.0. The molecule has 3 aromatic rings. The zero-order valence-corrected chi connectivity index (χ0v) is 15.0. The summed E-state index contributed by atoms with van der Waals surface area (Å²) in [5.41, 5.74) is 9.68. The van der Waals surface area contributed by atoms with E-state index >= 15 is 0 Å². The highest BCUT2D eigenvalue weighted by atomic mass is 32.1. The number of amides is 1. The van der Waals surface area contributed by atoms with Crippen LogP contribution in [0.2, 0.25) is 0 Å². The van der Waals surface area contributed by atoms with Gasteiger partial charge in [-0.15, -0.1) is 10.2 Å². The molecule has 25 heavy (non-hydrogen) atoms. The largest absolute Gasteiger partial charge is 0.374 e. The number of hydrogen-bond acceptors (Lipinski definition) is 5. The lowest BCUT2D eigenvalue weighted by atomic mass is 9.98. The first-order valence-electron chi connectivity index (χ1n) is 8.06. The van der Waals surface area contributed by atoms with Crippen LogP contribution in [0, 0.1) is 6.92 Å². The molecule has 3 rings (SSSR count). The topological polar surface area (TPSA) is 80.9 Å². The molecule has 0 bridgehead atoms. The summed E-state index contributed by atoms with van der Waals surface area (Å²) in [4.78, 5) is 12.7. The van der Waals surface area contributed by atoms with E-state index in [4.69, 9.17) is 5.73 Å².